The van der Waals surface area contributed by atoms with Crippen LogP contribution in [-0.2, 0) is 0 Å². The van der Waals surface area contributed by atoms with Crippen LogP contribution in [0.4, 0.5) is 0 Å². The van der Waals surface area contributed by atoms with Crippen LogP contribution in [0.1, 0.15) is 21.9 Å². The first-order valence-electron chi connectivity index (χ1n) is 7.87. The summed E-state index contributed by atoms with van der Waals surface area (Å²) >= 11 is 1.54. The molecule has 4 nitrogen and oxygen atoms in total. The molecule has 4 rings (SSSR count). The second-order valence-corrected chi connectivity index (χ2v) is 6.92. The molecule has 25 heavy (non-hydrogen) atoms. The minimum atomic E-state index is -0.244. The molecule has 1 aromatic heterocycles. The summed E-state index contributed by atoms with van der Waals surface area (Å²) in [4.78, 5) is 5.53. The Balaban J connectivity index is 1.86. The van der Waals surface area contributed by atoms with Crippen LogP contribution in [0.2, 0.25) is 0 Å². The first-order valence-corrected chi connectivity index (χ1v) is 8.69. The number of hydrogen-bond donors (Lipinski definition) is 1. The number of thiazole rings is 1. The molecule has 0 aliphatic carbocycles. The molecule has 0 radical (unpaired) electrons. The summed E-state index contributed by atoms with van der Waals surface area (Å²) in [6.45, 7) is 2.05. The first kappa shape index (κ1) is 15.4. The van der Waals surface area contributed by atoms with E-state index in [0.717, 1.165) is 21.0 Å². The number of nitriles is 1. The number of ether oxygens (including phenoxy) is 1. The van der Waals surface area contributed by atoms with E-state index in [0.29, 0.717) is 11.5 Å². The van der Waals surface area contributed by atoms with Crippen LogP contribution in [0.25, 0.3) is 10.6 Å². The number of rotatable bonds is 2. The molecule has 3 aromatic rings. The van der Waals surface area contributed by atoms with E-state index in [1.807, 2.05) is 42.5 Å². The highest BCUT2D eigenvalue weighted by molar-refractivity contribution is 7.15. The SMILES string of the molecule is Cc1ccc(-c2nc3c(s2)[C@H](c2ccccc2)C(C#N)=C(N)O3)cc1. The van der Waals surface area contributed by atoms with Gasteiger partial charge in [0.1, 0.15) is 16.6 Å². The van der Waals surface area contributed by atoms with E-state index in [1.54, 1.807) is 11.3 Å². The Morgan fingerprint density at radius 3 is 2.52 bits per heavy atom. The van der Waals surface area contributed by atoms with Gasteiger partial charge >= 0.3 is 0 Å². The van der Waals surface area contributed by atoms with Crippen molar-refractivity contribution in [2.45, 2.75) is 12.8 Å². The molecule has 1 aliphatic heterocycles. The van der Waals surface area contributed by atoms with E-state index < -0.39 is 0 Å². The predicted octanol–water partition coefficient (Wildman–Crippen LogP) is 4.34. The van der Waals surface area contributed by atoms with Gasteiger partial charge in [-0.05, 0) is 12.5 Å². The van der Waals surface area contributed by atoms with Crippen LogP contribution < -0.4 is 10.5 Å². The van der Waals surface area contributed by atoms with Gasteiger partial charge in [0.25, 0.3) is 0 Å². The van der Waals surface area contributed by atoms with E-state index in [2.05, 4.69) is 30.1 Å². The minimum Gasteiger partial charge on any atom is -0.421 e. The molecular weight excluding hydrogens is 330 g/mol. The van der Waals surface area contributed by atoms with Gasteiger partial charge in [-0.25, -0.2) is 4.98 Å². The molecule has 122 valence electrons. The summed E-state index contributed by atoms with van der Waals surface area (Å²) in [6, 6.07) is 20.3. The fourth-order valence-electron chi connectivity index (χ4n) is 2.91. The monoisotopic (exact) mass is 345 g/mol. The highest BCUT2D eigenvalue weighted by Gasteiger charge is 2.34. The van der Waals surface area contributed by atoms with Gasteiger partial charge in [-0.3, -0.25) is 0 Å². The van der Waals surface area contributed by atoms with Gasteiger partial charge in [0.2, 0.25) is 11.8 Å². The summed E-state index contributed by atoms with van der Waals surface area (Å²) < 4.78 is 5.65. The Morgan fingerprint density at radius 1 is 1.12 bits per heavy atom. The maximum atomic E-state index is 9.59. The minimum absolute atomic E-state index is 0.129. The average molecular weight is 345 g/mol. The molecule has 0 spiro atoms. The summed E-state index contributed by atoms with van der Waals surface area (Å²) in [5.41, 5.74) is 9.65. The molecule has 0 unspecified atom stereocenters. The Labute approximate surface area is 149 Å². The number of aromatic nitrogens is 1. The van der Waals surface area contributed by atoms with Crippen LogP contribution in [0.3, 0.4) is 0 Å². The Hall–Kier alpha value is -3.10. The second kappa shape index (κ2) is 6.08. The fourth-order valence-corrected chi connectivity index (χ4v) is 4.05. The standard InChI is InChI=1S/C20H15N3OS/c1-12-7-9-14(10-8-12)20-23-19-17(25-20)16(13-5-3-2-4-6-13)15(11-21)18(22)24-19/h2-10,16H,22H2,1H3/t16-/m1/s1. The lowest BCUT2D eigenvalue weighted by Gasteiger charge is -2.22. The molecule has 1 aliphatic rings. The number of allylic oxidation sites excluding steroid dienone is 1. The largest absolute Gasteiger partial charge is 0.421 e. The third-order valence-electron chi connectivity index (χ3n) is 4.20. The number of hydrogen-bond acceptors (Lipinski definition) is 5. The highest BCUT2D eigenvalue weighted by atomic mass is 32.1. The van der Waals surface area contributed by atoms with Crippen molar-refractivity contribution in [3.63, 3.8) is 0 Å². The number of fused-ring (bicyclic) bond motifs is 1. The Bertz CT molecular complexity index is 998. The summed E-state index contributed by atoms with van der Waals surface area (Å²) in [6.07, 6.45) is 0. The second-order valence-electron chi connectivity index (χ2n) is 5.89. The highest BCUT2D eigenvalue weighted by Crippen LogP contribution is 2.46. The summed E-state index contributed by atoms with van der Waals surface area (Å²) in [5, 5.41) is 10.4. The fraction of sp³-hybridized carbons (Fsp3) is 0.100. The number of benzene rings is 2. The molecule has 2 aromatic carbocycles. The quantitative estimate of drug-likeness (QED) is 0.750. The van der Waals surface area contributed by atoms with Gasteiger partial charge in [0, 0.05) is 5.56 Å². The molecule has 0 bridgehead atoms. The van der Waals surface area contributed by atoms with E-state index >= 15 is 0 Å². The molecule has 0 saturated heterocycles. The van der Waals surface area contributed by atoms with Crippen molar-refractivity contribution >= 4 is 11.3 Å². The van der Waals surface area contributed by atoms with Crippen LogP contribution in [-0.4, -0.2) is 4.98 Å². The van der Waals surface area contributed by atoms with E-state index in [9.17, 15) is 5.26 Å². The van der Waals surface area contributed by atoms with Gasteiger partial charge in [0.05, 0.1) is 10.8 Å². The van der Waals surface area contributed by atoms with Crippen molar-refractivity contribution in [1.29, 1.82) is 5.26 Å². The smallest absolute Gasteiger partial charge is 0.236 e. The van der Waals surface area contributed by atoms with E-state index in [1.165, 1.54) is 5.56 Å². The first-order chi connectivity index (χ1) is 12.2. The molecule has 2 heterocycles. The lowest BCUT2D eigenvalue weighted by Crippen LogP contribution is -2.20. The normalized spacial score (nSPS) is 16.1. The Kier molecular flexibility index (Phi) is 3.75. The van der Waals surface area contributed by atoms with Crippen molar-refractivity contribution in [1.82, 2.24) is 4.98 Å². The van der Waals surface area contributed by atoms with Gasteiger partial charge in [-0.2, -0.15) is 5.26 Å². The van der Waals surface area contributed by atoms with Gasteiger partial charge in [-0.15, -0.1) is 11.3 Å². The van der Waals surface area contributed by atoms with E-state index in [4.69, 9.17) is 10.5 Å². The third-order valence-corrected chi connectivity index (χ3v) is 5.35. The number of nitrogens with zero attached hydrogens (tertiary/aromatic N) is 2. The zero-order chi connectivity index (χ0) is 17.4. The van der Waals surface area contributed by atoms with Crippen LogP contribution in [0.15, 0.2) is 66.1 Å². The number of aryl methyl sites for hydroxylation is 1. The zero-order valence-corrected chi connectivity index (χ0v) is 14.4. The molecule has 0 fully saturated rings. The topological polar surface area (TPSA) is 71.9 Å². The van der Waals surface area contributed by atoms with Crippen molar-refractivity contribution in [2.24, 2.45) is 5.73 Å². The molecule has 0 saturated carbocycles. The maximum absolute atomic E-state index is 9.59. The van der Waals surface area contributed by atoms with Gasteiger partial charge in [0.15, 0.2) is 0 Å². The summed E-state index contributed by atoms with van der Waals surface area (Å²) in [5.74, 6) is 0.377. The van der Waals surface area contributed by atoms with Crippen molar-refractivity contribution in [3.05, 3.63) is 82.1 Å². The predicted molar refractivity (Wildman–Crippen MR) is 98.0 cm³/mol. The van der Waals surface area contributed by atoms with Crippen LogP contribution in [0, 0.1) is 18.3 Å². The summed E-state index contributed by atoms with van der Waals surface area (Å²) in [7, 11) is 0. The van der Waals surface area contributed by atoms with Crippen molar-refractivity contribution < 1.29 is 4.74 Å². The molecule has 0 amide bonds. The maximum Gasteiger partial charge on any atom is 0.236 e. The van der Waals surface area contributed by atoms with Crippen molar-refractivity contribution in [2.75, 3.05) is 0 Å². The number of nitrogens with two attached hydrogens (primary N) is 1. The van der Waals surface area contributed by atoms with Crippen LogP contribution in [0.5, 0.6) is 5.88 Å². The van der Waals surface area contributed by atoms with Gasteiger partial charge < -0.3 is 10.5 Å². The molecule has 2 N–H and O–H groups in total. The molecule has 1 atom stereocenters. The van der Waals surface area contributed by atoms with E-state index in [-0.39, 0.29) is 11.8 Å². The average Bonchev–Trinajstić information content (AvgIpc) is 3.05. The lowest BCUT2D eigenvalue weighted by molar-refractivity contribution is 0.383. The molecular formula is C20H15N3OS. The molecule has 5 heteroatoms. The van der Waals surface area contributed by atoms with Gasteiger partial charge in [-0.1, -0.05) is 60.2 Å². The van der Waals surface area contributed by atoms with Crippen molar-refractivity contribution in [3.8, 4) is 22.5 Å². The Morgan fingerprint density at radius 2 is 1.84 bits per heavy atom. The lowest BCUT2D eigenvalue weighted by atomic mass is 9.89. The third kappa shape index (κ3) is 2.67. The zero-order valence-electron chi connectivity index (χ0n) is 13.6. The van der Waals surface area contributed by atoms with Crippen LogP contribution >= 0.6 is 11.3 Å².